The number of fused-ring (bicyclic) bond motifs is 2. The molecule has 0 unspecified atom stereocenters. The molecule has 1 aromatic heterocycles. The number of nitrogens with zero attached hydrogens (tertiary/aromatic N) is 2. The molecule has 2 heterocycles. The van der Waals surface area contributed by atoms with Crippen molar-refractivity contribution in [2.45, 2.75) is 31.2 Å². The number of rotatable bonds is 6. The first-order valence-corrected chi connectivity index (χ1v) is 13.7. The largest absolute Gasteiger partial charge is 0.497 e. The van der Waals surface area contributed by atoms with Gasteiger partial charge in [-0.25, -0.2) is 8.42 Å². The molecule has 0 fully saturated rings. The summed E-state index contributed by atoms with van der Waals surface area (Å²) in [4.78, 5) is 16.2. The van der Waals surface area contributed by atoms with Gasteiger partial charge in [-0.05, 0) is 85.8 Å². The van der Waals surface area contributed by atoms with Crippen molar-refractivity contribution in [3.05, 3.63) is 83.2 Å². The maximum absolute atomic E-state index is 13.5. The van der Waals surface area contributed by atoms with Gasteiger partial charge < -0.3 is 9.64 Å². The van der Waals surface area contributed by atoms with E-state index in [2.05, 4.69) is 13.0 Å². The minimum absolute atomic E-state index is 0.0246. The molecule has 1 aliphatic rings. The summed E-state index contributed by atoms with van der Waals surface area (Å²) in [6.45, 7) is 4.14. The van der Waals surface area contributed by atoms with Crippen LogP contribution in [0, 0.1) is 0 Å². The van der Waals surface area contributed by atoms with Gasteiger partial charge in [-0.3, -0.25) is 9.10 Å². The van der Waals surface area contributed by atoms with E-state index in [4.69, 9.17) is 4.74 Å². The van der Waals surface area contributed by atoms with Gasteiger partial charge in [0.25, 0.3) is 15.9 Å². The summed E-state index contributed by atoms with van der Waals surface area (Å²) in [5.41, 5.74) is 2.71. The maximum Gasteiger partial charge on any atom is 0.268 e. The molecule has 35 heavy (non-hydrogen) atoms. The first-order valence-electron chi connectivity index (χ1n) is 11.5. The molecule has 0 saturated carbocycles. The number of amides is 1. The van der Waals surface area contributed by atoms with Crippen LogP contribution in [-0.4, -0.2) is 34.0 Å². The summed E-state index contributed by atoms with van der Waals surface area (Å²) in [6.07, 6.45) is 0.839. The summed E-state index contributed by atoms with van der Waals surface area (Å²) in [5.74, 6) is 0.572. The average Bonchev–Trinajstić information content (AvgIpc) is 3.44. The zero-order valence-corrected chi connectivity index (χ0v) is 21.4. The second-order valence-electron chi connectivity index (χ2n) is 8.54. The molecule has 1 atom stereocenters. The molecule has 6 nitrogen and oxygen atoms in total. The van der Waals surface area contributed by atoms with E-state index in [1.807, 2.05) is 41.3 Å². The van der Waals surface area contributed by atoms with Crippen molar-refractivity contribution in [1.29, 1.82) is 0 Å². The lowest BCUT2D eigenvalue weighted by Gasteiger charge is -2.23. The number of methoxy groups -OCH3 is 1. The van der Waals surface area contributed by atoms with E-state index in [-0.39, 0.29) is 23.4 Å². The molecule has 180 valence electrons. The predicted molar refractivity (Wildman–Crippen MR) is 141 cm³/mol. The van der Waals surface area contributed by atoms with Crippen LogP contribution >= 0.6 is 11.3 Å². The molecular weight excluding hydrogens is 480 g/mol. The fraction of sp³-hybridized carbons (Fsp3) is 0.222. The number of hydrogen-bond acceptors (Lipinski definition) is 5. The van der Waals surface area contributed by atoms with E-state index in [0.29, 0.717) is 16.3 Å². The predicted octanol–water partition coefficient (Wildman–Crippen LogP) is 5.72. The molecule has 1 amide bonds. The van der Waals surface area contributed by atoms with Gasteiger partial charge in [-0.1, -0.05) is 18.2 Å². The van der Waals surface area contributed by atoms with Crippen LogP contribution in [0.3, 0.4) is 0 Å². The Labute approximate surface area is 209 Å². The van der Waals surface area contributed by atoms with Crippen molar-refractivity contribution in [2.24, 2.45) is 0 Å². The van der Waals surface area contributed by atoms with Crippen molar-refractivity contribution in [1.82, 2.24) is 0 Å². The lowest BCUT2D eigenvalue weighted by Crippen LogP contribution is -2.35. The zero-order valence-electron chi connectivity index (χ0n) is 19.8. The molecular formula is C27H26N2O4S2. The van der Waals surface area contributed by atoms with E-state index < -0.39 is 10.0 Å². The number of thiophene rings is 1. The van der Waals surface area contributed by atoms with E-state index in [1.165, 1.54) is 21.2 Å². The molecule has 4 aromatic rings. The molecule has 0 aliphatic carbocycles. The van der Waals surface area contributed by atoms with Gasteiger partial charge in [-0.2, -0.15) is 0 Å². The molecule has 0 radical (unpaired) electrons. The molecule has 0 saturated heterocycles. The van der Waals surface area contributed by atoms with Crippen molar-refractivity contribution in [3.63, 3.8) is 0 Å². The van der Waals surface area contributed by atoms with Crippen LogP contribution < -0.4 is 13.9 Å². The van der Waals surface area contributed by atoms with E-state index >= 15 is 0 Å². The van der Waals surface area contributed by atoms with Gasteiger partial charge in [0.2, 0.25) is 0 Å². The Bertz CT molecular complexity index is 1510. The molecule has 5 rings (SSSR count). The summed E-state index contributed by atoms with van der Waals surface area (Å²) in [5, 5.41) is 0.847. The molecule has 0 bridgehead atoms. The van der Waals surface area contributed by atoms with Crippen LogP contribution in [0.4, 0.5) is 11.4 Å². The average molecular weight is 507 g/mol. The molecule has 3 aromatic carbocycles. The highest BCUT2D eigenvalue weighted by molar-refractivity contribution is 7.92. The highest BCUT2D eigenvalue weighted by Crippen LogP contribution is 2.37. The number of para-hydroxylation sites is 1. The molecule has 0 spiro atoms. The first-order chi connectivity index (χ1) is 16.8. The van der Waals surface area contributed by atoms with Gasteiger partial charge in [-0.15, -0.1) is 11.3 Å². The van der Waals surface area contributed by atoms with Crippen LogP contribution in [-0.2, 0) is 16.4 Å². The Morgan fingerprint density at radius 1 is 1.09 bits per heavy atom. The Kier molecular flexibility index (Phi) is 6.02. The highest BCUT2D eigenvalue weighted by atomic mass is 32.2. The fourth-order valence-electron chi connectivity index (χ4n) is 4.65. The zero-order chi connectivity index (χ0) is 24.7. The first kappa shape index (κ1) is 23.4. The van der Waals surface area contributed by atoms with Crippen molar-refractivity contribution < 1.29 is 17.9 Å². The topological polar surface area (TPSA) is 66.9 Å². The second-order valence-corrected chi connectivity index (χ2v) is 11.5. The molecule has 0 N–H and O–H groups in total. The van der Waals surface area contributed by atoms with Gasteiger partial charge in [0.05, 0.1) is 22.6 Å². The number of carbonyl (C=O) groups is 1. The Hall–Kier alpha value is -3.36. The van der Waals surface area contributed by atoms with E-state index in [1.54, 1.807) is 44.4 Å². The third kappa shape index (κ3) is 4.06. The number of sulfonamides is 1. The van der Waals surface area contributed by atoms with Crippen LogP contribution in [0.5, 0.6) is 5.75 Å². The second kappa shape index (κ2) is 9.02. The van der Waals surface area contributed by atoms with Crippen LogP contribution in [0.1, 0.15) is 29.1 Å². The number of carbonyl (C=O) groups excluding carboxylic acids is 1. The fourth-order valence-corrected chi connectivity index (χ4v) is 7.10. The van der Waals surface area contributed by atoms with Gasteiger partial charge >= 0.3 is 0 Å². The van der Waals surface area contributed by atoms with Crippen molar-refractivity contribution >= 4 is 48.7 Å². The standard InChI is InChI=1S/C27H26N2O4S2/c1-4-28(35(31,32)23-12-10-22(33-3)11-13-23)21-9-14-25-20(16-21)17-26(34-25)27(30)29-18(2)15-19-7-5-6-8-24(19)29/h5-14,16-18H,4,15H2,1-3H3/t18-/m1/s1. The molecule has 8 heteroatoms. The Balaban J connectivity index is 1.48. The number of ether oxygens (including phenoxy) is 1. The lowest BCUT2D eigenvalue weighted by atomic mass is 10.1. The van der Waals surface area contributed by atoms with E-state index in [0.717, 1.165) is 22.2 Å². The number of benzene rings is 3. The van der Waals surface area contributed by atoms with E-state index in [9.17, 15) is 13.2 Å². The van der Waals surface area contributed by atoms with Crippen LogP contribution in [0.15, 0.2) is 77.7 Å². The Morgan fingerprint density at radius 2 is 1.83 bits per heavy atom. The Morgan fingerprint density at radius 3 is 2.54 bits per heavy atom. The van der Waals surface area contributed by atoms with Crippen molar-refractivity contribution in [2.75, 3.05) is 22.9 Å². The summed E-state index contributed by atoms with van der Waals surface area (Å²) in [7, 11) is -2.21. The minimum Gasteiger partial charge on any atom is -0.497 e. The van der Waals surface area contributed by atoms with Crippen LogP contribution in [0.2, 0.25) is 0 Å². The molecule has 1 aliphatic heterocycles. The van der Waals surface area contributed by atoms with Gasteiger partial charge in [0, 0.05) is 23.0 Å². The quantitative estimate of drug-likeness (QED) is 0.336. The maximum atomic E-state index is 13.5. The summed E-state index contributed by atoms with van der Waals surface area (Å²) < 4.78 is 34.2. The monoisotopic (exact) mass is 506 g/mol. The highest BCUT2D eigenvalue weighted by Gasteiger charge is 2.32. The summed E-state index contributed by atoms with van der Waals surface area (Å²) in [6, 6.07) is 21.9. The van der Waals surface area contributed by atoms with Gasteiger partial charge in [0.15, 0.2) is 0 Å². The third-order valence-electron chi connectivity index (χ3n) is 6.36. The number of hydrogen-bond donors (Lipinski definition) is 0. The third-order valence-corrected chi connectivity index (χ3v) is 9.38. The summed E-state index contributed by atoms with van der Waals surface area (Å²) >= 11 is 1.43. The van der Waals surface area contributed by atoms with Crippen molar-refractivity contribution in [3.8, 4) is 5.75 Å². The van der Waals surface area contributed by atoms with Gasteiger partial charge in [0.1, 0.15) is 5.75 Å². The SMILES string of the molecule is CCN(c1ccc2sc(C(=O)N3c4ccccc4C[C@H]3C)cc2c1)S(=O)(=O)c1ccc(OC)cc1. The number of anilines is 2. The minimum atomic E-state index is -3.76. The smallest absolute Gasteiger partial charge is 0.268 e. The normalized spacial score (nSPS) is 15.3. The lowest BCUT2D eigenvalue weighted by molar-refractivity contribution is 0.0985. The van der Waals surface area contributed by atoms with Crippen LogP contribution in [0.25, 0.3) is 10.1 Å².